The third-order valence-corrected chi connectivity index (χ3v) is 4.93. The van der Waals surface area contributed by atoms with Crippen LogP contribution in [0.4, 0.5) is 5.82 Å². The Morgan fingerprint density at radius 1 is 1.20 bits per heavy atom. The zero-order valence-electron chi connectivity index (χ0n) is 15.2. The van der Waals surface area contributed by atoms with Gasteiger partial charge in [-0.2, -0.15) is 14.6 Å². The van der Waals surface area contributed by atoms with Gasteiger partial charge in [-0.1, -0.05) is 44.2 Å². The van der Waals surface area contributed by atoms with E-state index in [1.165, 1.54) is 11.9 Å². The quantitative estimate of drug-likeness (QED) is 0.722. The van der Waals surface area contributed by atoms with E-state index in [1.807, 2.05) is 32.0 Å². The number of nitrogens with zero attached hydrogens (tertiary/aromatic N) is 4. The van der Waals surface area contributed by atoms with Gasteiger partial charge in [-0.15, -0.1) is 0 Å². The molecule has 0 spiro atoms. The molecule has 6 nitrogen and oxygen atoms in total. The summed E-state index contributed by atoms with van der Waals surface area (Å²) in [4.78, 5) is 8.65. The van der Waals surface area contributed by atoms with Crippen molar-refractivity contribution in [3.05, 3.63) is 53.5 Å². The van der Waals surface area contributed by atoms with E-state index in [2.05, 4.69) is 46.4 Å². The number of hydrogen-bond acceptors (Lipinski definition) is 5. The molecular weight excluding hydrogens is 314 g/mol. The van der Waals surface area contributed by atoms with E-state index in [9.17, 15) is 5.11 Å². The van der Waals surface area contributed by atoms with Crippen LogP contribution in [-0.4, -0.2) is 37.8 Å². The minimum atomic E-state index is -0.258. The van der Waals surface area contributed by atoms with Gasteiger partial charge in [-0.25, -0.2) is 4.98 Å². The lowest BCUT2D eigenvalue weighted by Crippen LogP contribution is -2.32. The SMILES string of the molecule is Cc1nc2ncnn2c(NCC(c2ccccc2)C(C)(C)CO)c1C. The van der Waals surface area contributed by atoms with Crippen molar-refractivity contribution < 1.29 is 5.11 Å². The summed E-state index contributed by atoms with van der Waals surface area (Å²) in [6.45, 7) is 8.96. The Balaban J connectivity index is 1.95. The smallest absolute Gasteiger partial charge is 0.254 e. The first kappa shape index (κ1) is 17.4. The third-order valence-electron chi connectivity index (χ3n) is 4.93. The molecule has 0 aliphatic rings. The molecule has 0 saturated heterocycles. The maximum atomic E-state index is 9.90. The molecular formula is C19H25N5O. The molecule has 0 fully saturated rings. The zero-order chi connectivity index (χ0) is 18.0. The van der Waals surface area contributed by atoms with Gasteiger partial charge in [-0.05, 0) is 24.8 Å². The number of hydrogen-bond donors (Lipinski definition) is 2. The van der Waals surface area contributed by atoms with Gasteiger partial charge in [0.15, 0.2) is 0 Å². The van der Waals surface area contributed by atoms with E-state index >= 15 is 0 Å². The van der Waals surface area contributed by atoms with Crippen LogP contribution in [-0.2, 0) is 0 Å². The Morgan fingerprint density at radius 3 is 2.60 bits per heavy atom. The van der Waals surface area contributed by atoms with E-state index in [0.717, 1.165) is 17.1 Å². The number of rotatable bonds is 6. The molecule has 0 aliphatic heterocycles. The average Bonchev–Trinajstić information content (AvgIpc) is 3.06. The van der Waals surface area contributed by atoms with Gasteiger partial charge in [0.2, 0.25) is 0 Å². The fourth-order valence-electron chi connectivity index (χ4n) is 3.08. The minimum Gasteiger partial charge on any atom is -0.396 e. The fourth-order valence-corrected chi connectivity index (χ4v) is 3.08. The van der Waals surface area contributed by atoms with E-state index in [-0.39, 0.29) is 17.9 Å². The van der Waals surface area contributed by atoms with Gasteiger partial charge in [0.05, 0.1) is 0 Å². The predicted octanol–water partition coefficient (Wildman–Crippen LogP) is 2.96. The summed E-state index contributed by atoms with van der Waals surface area (Å²) in [5, 5.41) is 17.7. The summed E-state index contributed by atoms with van der Waals surface area (Å²) in [5.41, 5.74) is 2.92. The molecule has 3 aromatic rings. The van der Waals surface area contributed by atoms with Crippen molar-refractivity contribution in [3.8, 4) is 0 Å². The Bertz CT molecular complexity index is 857. The van der Waals surface area contributed by atoms with Crippen LogP contribution in [0.1, 0.15) is 36.6 Å². The van der Waals surface area contributed by atoms with Gasteiger partial charge in [0.1, 0.15) is 12.1 Å². The second-order valence-electron chi connectivity index (χ2n) is 7.13. The number of nitrogens with one attached hydrogen (secondary N) is 1. The maximum Gasteiger partial charge on any atom is 0.254 e. The van der Waals surface area contributed by atoms with Crippen molar-refractivity contribution in [2.45, 2.75) is 33.6 Å². The molecule has 2 heterocycles. The summed E-state index contributed by atoms with van der Waals surface area (Å²) >= 11 is 0. The van der Waals surface area contributed by atoms with Gasteiger partial charge in [0.25, 0.3) is 5.78 Å². The summed E-state index contributed by atoms with van der Waals surface area (Å²) < 4.78 is 1.73. The summed E-state index contributed by atoms with van der Waals surface area (Å²) in [6.07, 6.45) is 1.51. The van der Waals surface area contributed by atoms with Crippen LogP contribution in [0.15, 0.2) is 36.7 Å². The van der Waals surface area contributed by atoms with Crippen LogP contribution >= 0.6 is 0 Å². The molecule has 0 bridgehead atoms. The second kappa shape index (κ2) is 6.80. The standard InChI is InChI=1S/C19H25N5O/c1-13-14(2)23-18-21-12-22-24(18)17(13)20-10-16(19(3,4)11-25)15-8-6-5-7-9-15/h5-9,12,16,20,25H,10-11H2,1-4H3. The first-order valence-electron chi connectivity index (χ1n) is 8.50. The predicted molar refractivity (Wildman–Crippen MR) is 98.8 cm³/mol. The summed E-state index contributed by atoms with van der Waals surface area (Å²) in [6, 6.07) is 10.3. The highest BCUT2D eigenvalue weighted by molar-refractivity contribution is 5.52. The van der Waals surface area contributed by atoms with E-state index in [0.29, 0.717) is 12.3 Å². The van der Waals surface area contributed by atoms with Crippen LogP contribution in [0.3, 0.4) is 0 Å². The molecule has 0 amide bonds. The third kappa shape index (κ3) is 3.35. The number of aliphatic hydroxyl groups is 1. The van der Waals surface area contributed by atoms with Crippen molar-refractivity contribution in [1.82, 2.24) is 19.6 Å². The van der Waals surface area contributed by atoms with E-state index < -0.39 is 0 Å². The van der Waals surface area contributed by atoms with Crippen molar-refractivity contribution in [3.63, 3.8) is 0 Å². The number of aliphatic hydroxyl groups excluding tert-OH is 1. The second-order valence-corrected chi connectivity index (χ2v) is 7.13. The number of benzene rings is 1. The van der Waals surface area contributed by atoms with Crippen molar-refractivity contribution in [2.75, 3.05) is 18.5 Å². The van der Waals surface area contributed by atoms with Crippen molar-refractivity contribution in [1.29, 1.82) is 0 Å². The molecule has 1 aromatic carbocycles. The molecule has 0 saturated carbocycles. The Labute approximate surface area is 147 Å². The highest BCUT2D eigenvalue weighted by atomic mass is 16.3. The van der Waals surface area contributed by atoms with Gasteiger partial charge in [-0.3, -0.25) is 0 Å². The van der Waals surface area contributed by atoms with E-state index in [4.69, 9.17) is 0 Å². The Kier molecular flexibility index (Phi) is 4.72. The number of anilines is 1. The highest BCUT2D eigenvalue weighted by Gasteiger charge is 2.30. The fraction of sp³-hybridized carbons (Fsp3) is 0.421. The Morgan fingerprint density at radius 2 is 1.92 bits per heavy atom. The first-order chi connectivity index (χ1) is 11.9. The van der Waals surface area contributed by atoms with Crippen LogP contribution < -0.4 is 5.32 Å². The van der Waals surface area contributed by atoms with Crippen LogP contribution in [0.5, 0.6) is 0 Å². The van der Waals surface area contributed by atoms with Gasteiger partial charge in [0, 0.05) is 30.3 Å². The monoisotopic (exact) mass is 339 g/mol. The van der Waals surface area contributed by atoms with Crippen LogP contribution in [0.2, 0.25) is 0 Å². The van der Waals surface area contributed by atoms with Crippen molar-refractivity contribution in [2.24, 2.45) is 5.41 Å². The minimum absolute atomic E-state index is 0.112. The molecule has 3 rings (SSSR count). The molecule has 2 N–H and O–H groups in total. The Hall–Kier alpha value is -2.47. The molecule has 1 atom stereocenters. The first-order valence-corrected chi connectivity index (χ1v) is 8.50. The lowest BCUT2D eigenvalue weighted by atomic mass is 9.75. The maximum absolute atomic E-state index is 9.90. The summed E-state index contributed by atoms with van der Waals surface area (Å²) in [5.74, 6) is 1.63. The lowest BCUT2D eigenvalue weighted by molar-refractivity contribution is 0.134. The normalized spacial score (nSPS) is 13.2. The molecule has 25 heavy (non-hydrogen) atoms. The molecule has 0 aliphatic carbocycles. The largest absolute Gasteiger partial charge is 0.396 e. The number of aromatic nitrogens is 4. The van der Waals surface area contributed by atoms with Crippen LogP contribution in [0.25, 0.3) is 5.78 Å². The molecule has 6 heteroatoms. The number of fused-ring (bicyclic) bond motifs is 1. The lowest BCUT2D eigenvalue weighted by Gasteiger charge is -2.33. The molecule has 1 unspecified atom stereocenters. The average molecular weight is 339 g/mol. The topological polar surface area (TPSA) is 75.3 Å². The van der Waals surface area contributed by atoms with Crippen molar-refractivity contribution >= 4 is 11.6 Å². The zero-order valence-corrected chi connectivity index (χ0v) is 15.2. The van der Waals surface area contributed by atoms with Crippen LogP contribution in [0, 0.1) is 19.3 Å². The molecule has 132 valence electrons. The molecule has 2 aromatic heterocycles. The number of aryl methyl sites for hydroxylation is 1. The van der Waals surface area contributed by atoms with Gasteiger partial charge < -0.3 is 10.4 Å². The highest BCUT2D eigenvalue weighted by Crippen LogP contribution is 2.35. The summed E-state index contributed by atoms with van der Waals surface area (Å²) in [7, 11) is 0. The van der Waals surface area contributed by atoms with E-state index in [1.54, 1.807) is 4.52 Å². The molecule has 0 radical (unpaired) electrons. The van der Waals surface area contributed by atoms with Gasteiger partial charge >= 0.3 is 0 Å².